The van der Waals surface area contributed by atoms with Gasteiger partial charge in [-0.15, -0.1) is 11.8 Å². The highest BCUT2D eigenvalue weighted by Gasteiger charge is 2.26. The van der Waals surface area contributed by atoms with Crippen molar-refractivity contribution in [3.63, 3.8) is 0 Å². The lowest BCUT2D eigenvalue weighted by Gasteiger charge is -2.20. The Balaban J connectivity index is 1.70. The molecule has 0 spiro atoms. The van der Waals surface area contributed by atoms with Gasteiger partial charge in [0.2, 0.25) is 5.91 Å². The van der Waals surface area contributed by atoms with Gasteiger partial charge in [-0.1, -0.05) is 54.1 Å². The van der Waals surface area contributed by atoms with Gasteiger partial charge >= 0.3 is 0 Å². The number of likely N-dealkylation sites (tertiary alicyclic amines) is 1. The summed E-state index contributed by atoms with van der Waals surface area (Å²) in [6.07, 6.45) is 1.02. The molecule has 0 saturated carbocycles. The average molecular weight is 375 g/mol. The minimum absolute atomic E-state index is 0.121. The Hall–Kier alpha value is -1.49. The number of amides is 1. The number of hydrogen-bond donors (Lipinski definition) is 1. The van der Waals surface area contributed by atoms with E-state index in [2.05, 4.69) is 12.1 Å². The Labute approximate surface area is 158 Å². The molecular weight excluding hydrogens is 352 g/mol. The molecule has 5 heteroatoms. The molecule has 0 aromatic heterocycles. The molecule has 132 valence electrons. The van der Waals surface area contributed by atoms with Gasteiger partial charge in [-0.25, -0.2) is 0 Å². The van der Waals surface area contributed by atoms with Gasteiger partial charge in [0.05, 0.1) is 11.0 Å². The van der Waals surface area contributed by atoms with Crippen LogP contribution in [0.3, 0.4) is 0 Å². The maximum absolute atomic E-state index is 12.6. The summed E-state index contributed by atoms with van der Waals surface area (Å²) in [6.45, 7) is 2.29. The molecule has 1 saturated heterocycles. The number of rotatable bonds is 6. The second-order valence-electron chi connectivity index (χ2n) is 6.38. The SMILES string of the molecule is NCC1CCN(C(=O)CSC(c2ccccc2)c2ccc(Cl)cc2)C1. The van der Waals surface area contributed by atoms with E-state index in [9.17, 15) is 4.79 Å². The third kappa shape index (κ3) is 4.78. The van der Waals surface area contributed by atoms with Crippen molar-refractivity contribution in [1.82, 2.24) is 4.90 Å². The number of nitrogens with zero attached hydrogens (tertiary/aromatic N) is 1. The predicted octanol–water partition coefficient (Wildman–Crippen LogP) is 3.97. The summed E-state index contributed by atoms with van der Waals surface area (Å²) in [4.78, 5) is 14.5. The standard InChI is InChI=1S/C20H23ClN2OS/c21-18-8-6-17(7-9-18)20(16-4-2-1-3-5-16)25-14-19(24)23-11-10-15(12-22)13-23/h1-9,15,20H,10-14,22H2. The fourth-order valence-electron chi connectivity index (χ4n) is 3.15. The lowest BCUT2D eigenvalue weighted by molar-refractivity contribution is -0.127. The monoisotopic (exact) mass is 374 g/mol. The molecule has 2 N–H and O–H groups in total. The molecule has 25 heavy (non-hydrogen) atoms. The topological polar surface area (TPSA) is 46.3 Å². The number of hydrogen-bond acceptors (Lipinski definition) is 3. The van der Waals surface area contributed by atoms with E-state index in [1.54, 1.807) is 11.8 Å². The summed E-state index contributed by atoms with van der Waals surface area (Å²) in [5.41, 5.74) is 8.09. The van der Waals surface area contributed by atoms with Crippen molar-refractivity contribution in [3.8, 4) is 0 Å². The minimum atomic E-state index is 0.121. The van der Waals surface area contributed by atoms with E-state index in [1.807, 2.05) is 47.4 Å². The van der Waals surface area contributed by atoms with Crippen LogP contribution >= 0.6 is 23.4 Å². The van der Waals surface area contributed by atoms with Gasteiger partial charge in [0.1, 0.15) is 0 Å². The van der Waals surface area contributed by atoms with Crippen LogP contribution in [0, 0.1) is 5.92 Å². The summed E-state index contributed by atoms with van der Waals surface area (Å²) in [5.74, 6) is 1.13. The second kappa shape index (κ2) is 8.75. The maximum atomic E-state index is 12.6. The van der Waals surface area contributed by atoms with E-state index in [1.165, 1.54) is 5.56 Å². The first-order valence-corrected chi connectivity index (χ1v) is 10.00. The highest BCUT2D eigenvalue weighted by atomic mass is 35.5. The van der Waals surface area contributed by atoms with Crippen LogP contribution in [-0.2, 0) is 4.79 Å². The molecule has 0 bridgehead atoms. The maximum Gasteiger partial charge on any atom is 0.232 e. The quantitative estimate of drug-likeness (QED) is 0.832. The zero-order valence-electron chi connectivity index (χ0n) is 14.1. The average Bonchev–Trinajstić information content (AvgIpc) is 3.13. The zero-order valence-corrected chi connectivity index (χ0v) is 15.7. The normalized spacial score (nSPS) is 18.3. The van der Waals surface area contributed by atoms with Crippen molar-refractivity contribution >= 4 is 29.3 Å². The Morgan fingerprint density at radius 1 is 1.16 bits per heavy atom. The molecule has 0 aliphatic carbocycles. The Bertz CT molecular complexity index is 693. The van der Waals surface area contributed by atoms with Crippen molar-refractivity contribution in [2.75, 3.05) is 25.4 Å². The van der Waals surface area contributed by atoms with E-state index in [0.717, 1.165) is 30.1 Å². The fraction of sp³-hybridized carbons (Fsp3) is 0.350. The van der Waals surface area contributed by atoms with Crippen LogP contribution in [0.25, 0.3) is 0 Å². The van der Waals surface area contributed by atoms with E-state index < -0.39 is 0 Å². The van der Waals surface area contributed by atoms with E-state index in [4.69, 9.17) is 17.3 Å². The number of benzene rings is 2. The summed E-state index contributed by atoms with van der Waals surface area (Å²) in [5, 5.41) is 0.844. The van der Waals surface area contributed by atoms with Crippen LogP contribution in [0.5, 0.6) is 0 Å². The Kier molecular flexibility index (Phi) is 6.40. The molecule has 1 aliphatic heterocycles. The van der Waals surface area contributed by atoms with Crippen LogP contribution < -0.4 is 5.73 Å². The second-order valence-corrected chi connectivity index (χ2v) is 7.91. The molecule has 2 aromatic carbocycles. The van der Waals surface area contributed by atoms with Crippen molar-refractivity contribution in [3.05, 3.63) is 70.7 Å². The van der Waals surface area contributed by atoms with Gasteiger partial charge in [-0.3, -0.25) is 4.79 Å². The Morgan fingerprint density at radius 2 is 1.84 bits per heavy atom. The fourth-order valence-corrected chi connectivity index (χ4v) is 4.46. The summed E-state index contributed by atoms with van der Waals surface area (Å²) >= 11 is 7.70. The van der Waals surface area contributed by atoms with E-state index in [0.29, 0.717) is 18.2 Å². The van der Waals surface area contributed by atoms with Crippen LogP contribution in [0.4, 0.5) is 0 Å². The van der Waals surface area contributed by atoms with Crippen LogP contribution in [0.1, 0.15) is 22.8 Å². The summed E-state index contributed by atoms with van der Waals surface area (Å²) in [6, 6.07) is 18.2. The van der Waals surface area contributed by atoms with Crippen molar-refractivity contribution in [2.45, 2.75) is 11.7 Å². The van der Waals surface area contributed by atoms with Crippen molar-refractivity contribution in [1.29, 1.82) is 0 Å². The Morgan fingerprint density at radius 3 is 2.48 bits per heavy atom. The summed E-state index contributed by atoms with van der Waals surface area (Å²) in [7, 11) is 0. The molecule has 3 rings (SSSR count). The molecular formula is C20H23ClN2OS. The first-order valence-electron chi connectivity index (χ1n) is 8.57. The molecule has 3 nitrogen and oxygen atoms in total. The first kappa shape index (κ1) is 18.3. The number of nitrogens with two attached hydrogens (primary N) is 1. The number of carbonyl (C=O) groups excluding carboxylic acids is 1. The third-order valence-corrected chi connectivity index (χ3v) is 6.16. The van der Waals surface area contributed by atoms with E-state index in [-0.39, 0.29) is 11.2 Å². The van der Waals surface area contributed by atoms with Gasteiger partial charge in [-0.2, -0.15) is 0 Å². The highest BCUT2D eigenvalue weighted by Crippen LogP contribution is 2.36. The number of thioether (sulfide) groups is 1. The van der Waals surface area contributed by atoms with E-state index >= 15 is 0 Å². The van der Waals surface area contributed by atoms with Gasteiger partial charge in [0.15, 0.2) is 0 Å². The third-order valence-electron chi connectivity index (χ3n) is 4.62. The first-order chi connectivity index (χ1) is 12.2. The van der Waals surface area contributed by atoms with Crippen LogP contribution in [-0.4, -0.2) is 36.2 Å². The number of halogens is 1. The van der Waals surface area contributed by atoms with Gasteiger partial charge in [0.25, 0.3) is 0 Å². The minimum Gasteiger partial charge on any atom is -0.342 e. The highest BCUT2D eigenvalue weighted by molar-refractivity contribution is 8.00. The lowest BCUT2D eigenvalue weighted by Crippen LogP contribution is -2.31. The van der Waals surface area contributed by atoms with Crippen molar-refractivity contribution < 1.29 is 4.79 Å². The van der Waals surface area contributed by atoms with Crippen molar-refractivity contribution in [2.24, 2.45) is 11.7 Å². The lowest BCUT2D eigenvalue weighted by atomic mass is 10.0. The van der Waals surface area contributed by atoms with Crippen LogP contribution in [0.2, 0.25) is 5.02 Å². The summed E-state index contributed by atoms with van der Waals surface area (Å²) < 4.78 is 0. The van der Waals surface area contributed by atoms with Crippen LogP contribution in [0.15, 0.2) is 54.6 Å². The molecule has 2 aromatic rings. The molecule has 1 fully saturated rings. The molecule has 1 aliphatic rings. The largest absolute Gasteiger partial charge is 0.342 e. The molecule has 1 heterocycles. The molecule has 1 amide bonds. The smallest absolute Gasteiger partial charge is 0.232 e. The van der Waals surface area contributed by atoms with Gasteiger partial charge in [-0.05, 0) is 42.1 Å². The van der Waals surface area contributed by atoms with Gasteiger partial charge in [0, 0.05) is 18.1 Å². The molecule has 2 unspecified atom stereocenters. The predicted molar refractivity (Wildman–Crippen MR) is 106 cm³/mol. The zero-order chi connectivity index (χ0) is 17.6. The molecule has 2 atom stereocenters. The number of carbonyl (C=O) groups is 1. The molecule has 0 radical (unpaired) electrons. The van der Waals surface area contributed by atoms with Gasteiger partial charge < -0.3 is 10.6 Å².